The number of thiophene rings is 1. The molecule has 0 fully saturated rings. The van der Waals surface area contributed by atoms with Gasteiger partial charge in [0.25, 0.3) is 0 Å². The predicted octanol–water partition coefficient (Wildman–Crippen LogP) is 4.14. The Balaban J connectivity index is 2.00. The van der Waals surface area contributed by atoms with E-state index in [1.165, 1.54) is 10.4 Å². The van der Waals surface area contributed by atoms with Crippen LogP contribution in [0.25, 0.3) is 5.00 Å². The highest BCUT2D eigenvalue weighted by atomic mass is 35.5. The molecular weight excluding hydrogens is 356 g/mol. The number of aromatic nitrogens is 3. The Hall–Kier alpha value is -2.02. The van der Waals surface area contributed by atoms with E-state index in [-0.39, 0.29) is 6.04 Å². The highest BCUT2D eigenvalue weighted by molar-refractivity contribution is 7.15. The van der Waals surface area contributed by atoms with E-state index in [4.69, 9.17) is 21.3 Å². The molecule has 5 nitrogen and oxygen atoms in total. The molecule has 7 heteroatoms. The van der Waals surface area contributed by atoms with Crippen LogP contribution in [0, 0.1) is 13.8 Å². The van der Waals surface area contributed by atoms with E-state index >= 15 is 0 Å². The Morgan fingerprint density at radius 1 is 1.24 bits per heavy atom. The molecule has 0 spiro atoms. The maximum atomic E-state index is 6.07. The number of ether oxygens (including phenoxy) is 1. The van der Waals surface area contributed by atoms with Crippen LogP contribution in [0.3, 0.4) is 0 Å². The first-order chi connectivity index (χ1) is 12.1. The minimum absolute atomic E-state index is 0.211. The molecule has 0 radical (unpaired) electrons. The molecule has 25 heavy (non-hydrogen) atoms. The maximum Gasteiger partial charge on any atom is 0.165 e. The number of benzene rings is 1. The number of halogens is 1. The van der Waals surface area contributed by atoms with Crippen molar-refractivity contribution in [2.45, 2.75) is 19.9 Å². The van der Waals surface area contributed by atoms with E-state index in [2.05, 4.69) is 24.0 Å². The molecule has 1 aromatic carbocycles. The monoisotopic (exact) mass is 372 g/mol. The smallest absolute Gasteiger partial charge is 0.165 e. The van der Waals surface area contributed by atoms with E-state index in [0.29, 0.717) is 11.6 Å². The van der Waals surface area contributed by atoms with Crippen LogP contribution in [-0.4, -0.2) is 34.2 Å². The van der Waals surface area contributed by atoms with Gasteiger partial charge in [0.15, 0.2) is 5.82 Å². The van der Waals surface area contributed by atoms with E-state index in [1.54, 1.807) is 24.8 Å². The molecule has 1 aliphatic heterocycles. The summed E-state index contributed by atoms with van der Waals surface area (Å²) in [6.07, 6.45) is 1.76. The Bertz CT molecular complexity index is 958. The average molecular weight is 373 g/mol. The molecule has 1 aliphatic rings. The van der Waals surface area contributed by atoms with E-state index in [9.17, 15) is 0 Å². The van der Waals surface area contributed by atoms with Gasteiger partial charge in [-0.25, -0.2) is 0 Å². The summed E-state index contributed by atoms with van der Waals surface area (Å²) in [5, 5.41) is 10.2. The van der Waals surface area contributed by atoms with Crippen LogP contribution in [-0.2, 0) is 4.74 Å². The number of aliphatic imine (C=N–C) groups is 1. The van der Waals surface area contributed by atoms with E-state index in [0.717, 1.165) is 27.7 Å². The van der Waals surface area contributed by atoms with Crippen molar-refractivity contribution in [3.8, 4) is 5.00 Å². The lowest BCUT2D eigenvalue weighted by molar-refractivity contribution is 0.178. The molecule has 0 saturated heterocycles. The lowest BCUT2D eigenvalue weighted by atomic mass is 10.00. The molecular formula is C18H17ClN4OS. The van der Waals surface area contributed by atoms with Gasteiger partial charge in [-0.05, 0) is 31.5 Å². The van der Waals surface area contributed by atoms with Crippen molar-refractivity contribution in [2.24, 2.45) is 4.99 Å². The largest absolute Gasteiger partial charge is 0.382 e. The van der Waals surface area contributed by atoms with Gasteiger partial charge < -0.3 is 4.74 Å². The SMILES string of the molecule is COCC1N=C(c2ccc(Cl)cc2)c2c(sc(C)c2C)-n2cnnc21. The average Bonchev–Trinajstić information content (AvgIpc) is 3.16. The molecule has 4 rings (SSSR count). The fourth-order valence-corrected chi connectivity index (χ4v) is 4.32. The standard InChI is InChI=1S/C18H17ClN4OS/c1-10-11(2)25-18-15(10)16(12-4-6-13(19)7-5-12)21-14(8-24-3)17-22-20-9-23(17)18/h4-7,9,14H,8H2,1-3H3. The van der Waals surface area contributed by atoms with Crippen molar-refractivity contribution >= 4 is 28.6 Å². The summed E-state index contributed by atoms with van der Waals surface area (Å²) >= 11 is 7.81. The molecule has 0 aliphatic carbocycles. The molecule has 1 atom stereocenters. The zero-order valence-corrected chi connectivity index (χ0v) is 15.7. The van der Waals surface area contributed by atoms with Gasteiger partial charge >= 0.3 is 0 Å². The zero-order valence-electron chi connectivity index (χ0n) is 14.2. The second-order valence-corrected chi connectivity index (χ2v) is 7.62. The molecule has 3 heterocycles. The topological polar surface area (TPSA) is 52.3 Å². The molecule has 1 unspecified atom stereocenters. The number of fused-ring (bicyclic) bond motifs is 3. The molecule has 128 valence electrons. The summed E-state index contributed by atoms with van der Waals surface area (Å²) in [6, 6.07) is 7.59. The zero-order chi connectivity index (χ0) is 17.6. The Kier molecular flexibility index (Phi) is 4.19. The van der Waals surface area contributed by atoms with E-state index < -0.39 is 0 Å². The fourth-order valence-electron chi connectivity index (χ4n) is 3.06. The lowest BCUT2D eigenvalue weighted by Gasteiger charge is -2.11. The number of hydrogen-bond donors (Lipinski definition) is 0. The van der Waals surface area contributed by atoms with Gasteiger partial charge in [0.05, 0.1) is 12.3 Å². The lowest BCUT2D eigenvalue weighted by Crippen LogP contribution is -2.10. The van der Waals surface area contributed by atoms with Gasteiger partial charge in [-0.3, -0.25) is 9.56 Å². The highest BCUT2D eigenvalue weighted by Crippen LogP contribution is 2.37. The Morgan fingerprint density at radius 2 is 2.00 bits per heavy atom. The van der Waals surface area contributed by atoms with Crippen LogP contribution in [0.15, 0.2) is 35.6 Å². The van der Waals surface area contributed by atoms with Crippen molar-refractivity contribution in [1.82, 2.24) is 14.8 Å². The van der Waals surface area contributed by atoms with Gasteiger partial charge in [-0.15, -0.1) is 21.5 Å². The third kappa shape index (κ3) is 2.70. The second kappa shape index (κ2) is 6.37. The molecule has 0 amide bonds. The first-order valence-electron chi connectivity index (χ1n) is 7.93. The first kappa shape index (κ1) is 16.4. The summed E-state index contributed by atoms with van der Waals surface area (Å²) in [6.45, 7) is 4.71. The number of methoxy groups -OCH3 is 1. The third-order valence-electron chi connectivity index (χ3n) is 4.42. The Labute approximate surface area is 155 Å². The summed E-state index contributed by atoms with van der Waals surface area (Å²) in [5.41, 5.74) is 4.34. The molecule has 0 bridgehead atoms. The van der Waals surface area contributed by atoms with Crippen molar-refractivity contribution in [2.75, 3.05) is 13.7 Å². The van der Waals surface area contributed by atoms with Gasteiger partial charge in [-0.2, -0.15) is 0 Å². The van der Waals surface area contributed by atoms with Gasteiger partial charge in [0.2, 0.25) is 0 Å². The van der Waals surface area contributed by atoms with Crippen LogP contribution in [0.4, 0.5) is 0 Å². The van der Waals surface area contributed by atoms with Crippen LogP contribution in [0.1, 0.15) is 33.4 Å². The molecule has 2 aromatic heterocycles. The van der Waals surface area contributed by atoms with Gasteiger partial charge in [-0.1, -0.05) is 23.7 Å². The predicted molar refractivity (Wildman–Crippen MR) is 100 cm³/mol. The van der Waals surface area contributed by atoms with Crippen LogP contribution >= 0.6 is 22.9 Å². The first-order valence-corrected chi connectivity index (χ1v) is 9.13. The molecule has 0 N–H and O–H groups in total. The van der Waals surface area contributed by atoms with Crippen LogP contribution in [0.2, 0.25) is 5.02 Å². The fraction of sp³-hybridized carbons (Fsp3) is 0.278. The quantitative estimate of drug-likeness (QED) is 0.694. The third-order valence-corrected chi connectivity index (χ3v) is 5.88. The Morgan fingerprint density at radius 3 is 2.72 bits per heavy atom. The van der Waals surface area contributed by atoms with Crippen molar-refractivity contribution in [3.63, 3.8) is 0 Å². The van der Waals surface area contributed by atoms with Crippen molar-refractivity contribution < 1.29 is 4.74 Å². The number of hydrogen-bond acceptors (Lipinski definition) is 5. The van der Waals surface area contributed by atoms with Crippen molar-refractivity contribution in [3.05, 3.63) is 63.0 Å². The van der Waals surface area contributed by atoms with E-state index in [1.807, 2.05) is 28.8 Å². The molecule has 0 saturated carbocycles. The highest BCUT2D eigenvalue weighted by Gasteiger charge is 2.29. The summed E-state index contributed by atoms with van der Waals surface area (Å²) in [7, 11) is 1.67. The summed E-state index contributed by atoms with van der Waals surface area (Å²) < 4.78 is 7.43. The summed E-state index contributed by atoms with van der Waals surface area (Å²) in [5.74, 6) is 0.799. The van der Waals surface area contributed by atoms with Crippen LogP contribution in [0.5, 0.6) is 0 Å². The number of aryl methyl sites for hydroxylation is 1. The molecule has 3 aromatic rings. The minimum atomic E-state index is -0.211. The second-order valence-electron chi connectivity index (χ2n) is 5.98. The van der Waals surface area contributed by atoms with Crippen LogP contribution < -0.4 is 0 Å². The normalized spacial score (nSPS) is 16.2. The number of nitrogens with zero attached hydrogens (tertiary/aromatic N) is 4. The maximum absolute atomic E-state index is 6.07. The minimum Gasteiger partial charge on any atom is -0.382 e. The summed E-state index contributed by atoms with van der Waals surface area (Å²) in [4.78, 5) is 6.29. The van der Waals surface area contributed by atoms with Crippen molar-refractivity contribution in [1.29, 1.82) is 0 Å². The number of rotatable bonds is 3. The van der Waals surface area contributed by atoms with Gasteiger partial charge in [0.1, 0.15) is 17.4 Å². The van der Waals surface area contributed by atoms with Gasteiger partial charge in [0, 0.05) is 28.1 Å².